The minimum atomic E-state index is -3.79. The summed E-state index contributed by atoms with van der Waals surface area (Å²) < 4.78 is 40.0. The molecule has 150 valence electrons. The third-order valence-electron chi connectivity index (χ3n) is 4.30. The highest BCUT2D eigenvalue weighted by Crippen LogP contribution is 2.26. The summed E-state index contributed by atoms with van der Waals surface area (Å²) in [5, 5.41) is 2.84. The number of nitrogens with one attached hydrogen (secondary N) is 1. The van der Waals surface area contributed by atoms with Crippen LogP contribution in [0.15, 0.2) is 77.7 Å². The van der Waals surface area contributed by atoms with E-state index in [-0.39, 0.29) is 27.7 Å². The average molecular weight is 433 g/mol. The Labute approximate surface area is 173 Å². The van der Waals surface area contributed by atoms with Gasteiger partial charge in [0.15, 0.2) is 0 Å². The summed E-state index contributed by atoms with van der Waals surface area (Å²) in [6, 6.07) is 18.2. The van der Waals surface area contributed by atoms with E-state index in [9.17, 15) is 17.6 Å². The van der Waals surface area contributed by atoms with Crippen LogP contribution in [-0.4, -0.2) is 21.4 Å². The second-order valence-corrected chi connectivity index (χ2v) is 8.64. The maximum atomic E-state index is 13.3. The quantitative estimate of drug-likeness (QED) is 0.633. The van der Waals surface area contributed by atoms with Crippen LogP contribution in [0.5, 0.6) is 0 Å². The van der Waals surface area contributed by atoms with Gasteiger partial charge in [0.2, 0.25) is 0 Å². The van der Waals surface area contributed by atoms with Gasteiger partial charge in [-0.15, -0.1) is 0 Å². The van der Waals surface area contributed by atoms with Crippen LogP contribution in [0.1, 0.15) is 15.9 Å². The highest BCUT2D eigenvalue weighted by molar-refractivity contribution is 7.92. The predicted octanol–water partition coefficient (Wildman–Crippen LogP) is 4.23. The van der Waals surface area contributed by atoms with Gasteiger partial charge in [0.25, 0.3) is 15.9 Å². The number of hydrogen-bond donors (Lipinski definition) is 1. The lowest BCUT2D eigenvalue weighted by molar-refractivity contribution is 0.0951. The largest absolute Gasteiger partial charge is 0.348 e. The van der Waals surface area contributed by atoms with Gasteiger partial charge in [-0.2, -0.15) is 0 Å². The van der Waals surface area contributed by atoms with Gasteiger partial charge in [0, 0.05) is 13.6 Å². The number of halogens is 2. The lowest BCUT2D eigenvalue weighted by Crippen LogP contribution is -2.27. The van der Waals surface area contributed by atoms with E-state index in [1.54, 1.807) is 30.3 Å². The predicted molar refractivity (Wildman–Crippen MR) is 111 cm³/mol. The summed E-state index contributed by atoms with van der Waals surface area (Å²) >= 11 is 6.15. The van der Waals surface area contributed by atoms with Gasteiger partial charge in [-0.05, 0) is 48.0 Å². The second-order valence-electron chi connectivity index (χ2n) is 6.26. The molecular weight excluding hydrogens is 415 g/mol. The summed E-state index contributed by atoms with van der Waals surface area (Å²) in [5.74, 6) is -0.892. The number of benzene rings is 3. The molecule has 0 bridgehead atoms. The molecule has 0 aliphatic heterocycles. The summed E-state index contributed by atoms with van der Waals surface area (Å²) in [5.41, 5.74) is 0.999. The van der Waals surface area contributed by atoms with Crippen molar-refractivity contribution in [3.05, 3.63) is 94.8 Å². The first-order valence-corrected chi connectivity index (χ1v) is 10.5. The Morgan fingerprint density at radius 1 is 1.03 bits per heavy atom. The van der Waals surface area contributed by atoms with Crippen LogP contribution in [0.25, 0.3) is 0 Å². The fourth-order valence-corrected chi connectivity index (χ4v) is 4.11. The number of hydrogen-bond acceptors (Lipinski definition) is 3. The number of carbonyl (C=O) groups is 1. The third-order valence-corrected chi connectivity index (χ3v) is 6.43. The summed E-state index contributed by atoms with van der Waals surface area (Å²) in [6.45, 7) is 0.106. The molecule has 29 heavy (non-hydrogen) atoms. The van der Waals surface area contributed by atoms with E-state index in [1.165, 1.54) is 49.5 Å². The molecule has 5 nitrogen and oxygen atoms in total. The minimum absolute atomic E-state index is 0.106. The van der Waals surface area contributed by atoms with Crippen LogP contribution >= 0.6 is 11.6 Å². The Morgan fingerprint density at radius 3 is 2.45 bits per heavy atom. The van der Waals surface area contributed by atoms with E-state index in [0.29, 0.717) is 5.56 Å². The number of amides is 1. The van der Waals surface area contributed by atoms with Crippen molar-refractivity contribution in [3.8, 4) is 0 Å². The Hall–Kier alpha value is -2.90. The van der Waals surface area contributed by atoms with Crippen molar-refractivity contribution in [2.75, 3.05) is 11.4 Å². The number of sulfonamides is 1. The molecule has 0 unspecified atom stereocenters. The maximum Gasteiger partial charge on any atom is 0.264 e. The molecule has 1 N–H and O–H groups in total. The molecule has 1 amide bonds. The van der Waals surface area contributed by atoms with Crippen LogP contribution in [0.3, 0.4) is 0 Å². The van der Waals surface area contributed by atoms with Crippen LogP contribution in [0.2, 0.25) is 5.02 Å². The first-order valence-electron chi connectivity index (χ1n) is 8.65. The van der Waals surface area contributed by atoms with Gasteiger partial charge in [-0.3, -0.25) is 9.10 Å². The number of nitrogens with zero attached hydrogens (tertiary/aromatic N) is 1. The lowest BCUT2D eigenvalue weighted by atomic mass is 10.1. The molecule has 0 atom stereocenters. The zero-order chi connectivity index (χ0) is 21.0. The van der Waals surface area contributed by atoms with Crippen molar-refractivity contribution >= 4 is 33.2 Å². The fourth-order valence-electron chi connectivity index (χ4n) is 2.70. The van der Waals surface area contributed by atoms with E-state index in [0.717, 1.165) is 4.31 Å². The molecule has 0 radical (unpaired) electrons. The van der Waals surface area contributed by atoms with Crippen LogP contribution in [0.4, 0.5) is 10.1 Å². The molecule has 0 aliphatic carbocycles. The van der Waals surface area contributed by atoms with Crippen LogP contribution in [0, 0.1) is 5.82 Å². The Balaban J connectivity index is 1.83. The van der Waals surface area contributed by atoms with Crippen molar-refractivity contribution in [3.63, 3.8) is 0 Å². The number of carbonyl (C=O) groups excluding carboxylic acids is 1. The van der Waals surface area contributed by atoms with Crippen LogP contribution < -0.4 is 9.62 Å². The molecule has 0 saturated heterocycles. The zero-order valence-corrected chi connectivity index (χ0v) is 17.0. The van der Waals surface area contributed by atoms with Crippen molar-refractivity contribution in [1.29, 1.82) is 0 Å². The normalized spacial score (nSPS) is 11.1. The van der Waals surface area contributed by atoms with Crippen LogP contribution in [-0.2, 0) is 16.6 Å². The summed E-state index contributed by atoms with van der Waals surface area (Å²) in [6.07, 6.45) is 0. The first-order chi connectivity index (χ1) is 13.8. The van der Waals surface area contributed by atoms with Gasteiger partial charge in [0.05, 0.1) is 21.2 Å². The summed E-state index contributed by atoms with van der Waals surface area (Å²) in [7, 11) is -2.39. The Kier molecular flexibility index (Phi) is 6.20. The van der Waals surface area contributed by atoms with Gasteiger partial charge >= 0.3 is 0 Å². The fraction of sp³-hybridized carbons (Fsp3) is 0.0952. The maximum absolute atomic E-state index is 13.3. The average Bonchev–Trinajstić information content (AvgIpc) is 2.72. The Bertz CT molecular complexity index is 1140. The zero-order valence-electron chi connectivity index (χ0n) is 15.5. The molecule has 0 saturated carbocycles. The first kappa shape index (κ1) is 20.8. The van der Waals surface area contributed by atoms with Gasteiger partial charge < -0.3 is 5.32 Å². The lowest BCUT2D eigenvalue weighted by Gasteiger charge is -2.20. The van der Waals surface area contributed by atoms with E-state index in [2.05, 4.69) is 5.32 Å². The standard InChI is InChI=1S/C21H18ClFN2O3S/c1-25(29(27,28)18-8-3-2-4-9-18)17-10-11-20(22)19(13-17)21(26)24-14-15-6-5-7-16(23)12-15/h2-13H,14H2,1H3,(H,24,26). The monoisotopic (exact) mass is 432 g/mol. The van der Waals surface area contributed by atoms with Crippen molar-refractivity contribution in [2.45, 2.75) is 11.4 Å². The van der Waals surface area contributed by atoms with Crippen molar-refractivity contribution in [2.24, 2.45) is 0 Å². The van der Waals surface area contributed by atoms with E-state index < -0.39 is 21.7 Å². The molecule has 3 aromatic rings. The second kappa shape index (κ2) is 8.63. The smallest absolute Gasteiger partial charge is 0.264 e. The molecule has 0 fully saturated rings. The molecule has 0 spiro atoms. The SMILES string of the molecule is CN(c1ccc(Cl)c(C(=O)NCc2cccc(F)c2)c1)S(=O)(=O)c1ccccc1. The molecule has 0 heterocycles. The topological polar surface area (TPSA) is 66.5 Å². The highest BCUT2D eigenvalue weighted by atomic mass is 35.5. The molecular formula is C21H18ClFN2O3S. The molecule has 8 heteroatoms. The number of rotatable bonds is 6. The molecule has 3 rings (SSSR count). The minimum Gasteiger partial charge on any atom is -0.348 e. The summed E-state index contributed by atoms with van der Waals surface area (Å²) in [4.78, 5) is 12.7. The van der Waals surface area contributed by atoms with Crippen molar-refractivity contribution in [1.82, 2.24) is 5.32 Å². The van der Waals surface area contributed by atoms with E-state index in [4.69, 9.17) is 11.6 Å². The molecule has 3 aromatic carbocycles. The molecule has 0 aromatic heterocycles. The highest BCUT2D eigenvalue weighted by Gasteiger charge is 2.22. The van der Waals surface area contributed by atoms with Gasteiger partial charge in [0.1, 0.15) is 5.82 Å². The third kappa shape index (κ3) is 4.75. The molecule has 0 aliphatic rings. The van der Waals surface area contributed by atoms with Gasteiger partial charge in [-0.25, -0.2) is 12.8 Å². The Morgan fingerprint density at radius 2 is 1.76 bits per heavy atom. The number of anilines is 1. The van der Waals surface area contributed by atoms with E-state index >= 15 is 0 Å². The van der Waals surface area contributed by atoms with E-state index in [1.807, 2.05) is 0 Å². The van der Waals surface area contributed by atoms with Crippen molar-refractivity contribution < 1.29 is 17.6 Å². The van der Waals surface area contributed by atoms with Gasteiger partial charge in [-0.1, -0.05) is 41.9 Å².